The van der Waals surface area contributed by atoms with Crippen LogP contribution >= 0.6 is 0 Å². The van der Waals surface area contributed by atoms with Crippen molar-refractivity contribution in [2.45, 2.75) is 20.3 Å². The second-order valence-corrected chi connectivity index (χ2v) is 4.50. The van der Waals surface area contributed by atoms with Gasteiger partial charge < -0.3 is 10.4 Å². The summed E-state index contributed by atoms with van der Waals surface area (Å²) in [4.78, 5) is 33.8. The Morgan fingerprint density at radius 1 is 1.29 bits per heavy atom. The summed E-state index contributed by atoms with van der Waals surface area (Å²) >= 11 is 0. The van der Waals surface area contributed by atoms with Crippen molar-refractivity contribution in [2.24, 2.45) is 7.05 Å². The van der Waals surface area contributed by atoms with Gasteiger partial charge in [-0.2, -0.15) is 5.10 Å². The number of aromatic nitrogens is 2. The predicted octanol–water partition coefficient (Wildman–Crippen LogP) is 0.209. The lowest BCUT2D eigenvalue weighted by Gasteiger charge is -2.07. The van der Waals surface area contributed by atoms with Gasteiger partial charge in [0.1, 0.15) is 0 Å². The van der Waals surface area contributed by atoms with Crippen LogP contribution in [0.15, 0.2) is 23.4 Å². The zero-order valence-electron chi connectivity index (χ0n) is 12.1. The molecule has 0 spiro atoms. The topological polar surface area (TPSA) is 113 Å². The quantitative estimate of drug-likeness (QED) is 0.672. The molecular weight excluding hydrogens is 276 g/mol. The van der Waals surface area contributed by atoms with Crippen molar-refractivity contribution in [3.05, 3.63) is 29.1 Å². The Balaban J connectivity index is 2.41. The highest BCUT2D eigenvalue weighted by atomic mass is 16.4. The van der Waals surface area contributed by atoms with Gasteiger partial charge in [0.05, 0.1) is 5.69 Å². The number of rotatable bonds is 5. The molecule has 114 valence electrons. The number of aliphatic carboxylic acids is 1. The van der Waals surface area contributed by atoms with E-state index < -0.39 is 17.9 Å². The van der Waals surface area contributed by atoms with Gasteiger partial charge in [-0.1, -0.05) is 0 Å². The van der Waals surface area contributed by atoms with Gasteiger partial charge in [0.25, 0.3) is 5.91 Å². The molecule has 0 aromatic carbocycles. The van der Waals surface area contributed by atoms with Crippen molar-refractivity contribution in [3.8, 4) is 0 Å². The first kappa shape index (κ1) is 16.4. The molecule has 1 aromatic rings. The monoisotopic (exact) mass is 294 g/mol. The van der Waals surface area contributed by atoms with Gasteiger partial charge >= 0.3 is 12.0 Å². The first-order valence-electron chi connectivity index (χ1n) is 6.29. The Morgan fingerprint density at radius 2 is 1.95 bits per heavy atom. The molecular formula is C13H18N4O4. The molecule has 1 aromatic heterocycles. The SMILES string of the molecule is C/C(C(=O)O)=C(/C)C(=O)NC(=O)NCCc1ccn(C)n1. The van der Waals surface area contributed by atoms with Crippen LogP contribution in [0.25, 0.3) is 0 Å². The maximum Gasteiger partial charge on any atom is 0.331 e. The van der Waals surface area contributed by atoms with Crippen molar-refractivity contribution in [3.63, 3.8) is 0 Å². The van der Waals surface area contributed by atoms with E-state index >= 15 is 0 Å². The lowest BCUT2D eigenvalue weighted by atomic mass is 10.1. The molecule has 0 aliphatic heterocycles. The van der Waals surface area contributed by atoms with E-state index in [1.54, 1.807) is 17.9 Å². The van der Waals surface area contributed by atoms with Crippen LogP contribution in [0.1, 0.15) is 19.5 Å². The van der Waals surface area contributed by atoms with E-state index in [4.69, 9.17) is 5.11 Å². The Morgan fingerprint density at radius 3 is 2.48 bits per heavy atom. The zero-order valence-corrected chi connectivity index (χ0v) is 12.1. The number of hydrogen-bond acceptors (Lipinski definition) is 4. The fourth-order valence-electron chi connectivity index (χ4n) is 1.47. The van der Waals surface area contributed by atoms with Gasteiger partial charge in [-0.05, 0) is 19.9 Å². The molecule has 1 rings (SSSR count). The van der Waals surface area contributed by atoms with Gasteiger partial charge in [-0.25, -0.2) is 9.59 Å². The lowest BCUT2D eigenvalue weighted by Crippen LogP contribution is -2.41. The summed E-state index contributed by atoms with van der Waals surface area (Å²) < 4.78 is 1.65. The van der Waals surface area contributed by atoms with Crippen molar-refractivity contribution in [1.82, 2.24) is 20.4 Å². The molecule has 0 bridgehead atoms. The molecule has 0 aliphatic carbocycles. The molecule has 21 heavy (non-hydrogen) atoms. The Hall–Kier alpha value is -2.64. The maximum atomic E-state index is 11.6. The summed E-state index contributed by atoms with van der Waals surface area (Å²) in [6.07, 6.45) is 2.33. The minimum absolute atomic E-state index is 0.0117. The van der Waals surface area contributed by atoms with Crippen LogP contribution in [0.3, 0.4) is 0 Å². The third-order valence-electron chi connectivity index (χ3n) is 2.89. The third kappa shape index (κ3) is 5.09. The van der Waals surface area contributed by atoms with Crippen molar-refractivity contribution < 1.29 is 19.5 Å². The molecule has 0 atom stereocenters. The van der Waals surface area contributed by atoms with Crippen LogP contribution in [0.5, 0.6) is 0 Å². The second kappa shape index (κ2) is 7.22. The fourth-order valence-corrected chi connectivity index (χ4v) is 1.47. The standard InChI is InChI=1S/C13H18N4O4/c1-8(9(2)12(19)20)11(18)15-13(21)14-6-4-10-5-7-17(3)16-10/h5,7H,4,6H2,1-3H3,(H,19,20)(H2,14,15,18,21)/b9-8+. The van der Waals surface area contributed by atoms with Crippen LogP contribution < -0.4 is 10.6 Å². The van der Waals surface area contributed by atoms with E-state index in [0.29, 0.717) is 13.0 Å². The van der Waals surface area contributed by atoms with Crippen molar-refractivity contribution in [1.29, 1.82) is 0 Å². The smallest absolute Gasteiger partial charge is 0.331 e. The molecule has 0 fully saturated rings. The zero-order chi connectivity index (χ0) is 16.0. The van der Waals surface area contributed by atoms with Crippen LogP contribution in [0.4, 0.5) is 4.79 Å². The molecule has 8 heteroatoms. The summed E-state index contributed by atoms with van der Waals surface area (Å²) in [6, 6.07) is 1.15. The normalized spacial score (nSPS) is 11.6. The first-order valence-corrected chi connectivity index (χ1v) is 6.29. The van der Waals surface area contributed by atoms with Crippen LogP contribution in [0.2, 0.25) is 0 Å². The number of imide groups is 1. The number of nitrogens with one attached hydrogen (secondary N) is 2. The third-order valence-corrected chi connectivity index (χ3v) is 2.89. The number of nitrogens with zero attached hydrogens (tertiary/aromatic N) is 2. The Kier molecular flexibility index (Phi) is 5.65. The summed E-state index contributed by atoms with van der Waals surface area (Å²) in [5, 5.41) is 17.5. The highest BCUT2D eigenvalue weighted by Crippen LogP contribution is 2.03. The van der Waals surface area contributed by atoms with Gasteiger partial charge in [-0.15, -0.1) is 0 Å². The molecule has 3 amide bonds. The first-order chi connectivity index (χ1) is 9.81. The van der Waals surface area contributed by atoms with E-state index in [0.717, 1.165) is 5.69 Å². The molecule has 8 nitrogen and oxygen atoms in total. The van der Waals surface area contributed by atoms with Gasteiger partial charge in [-0.3, -0.25) is 14.8 Å². The average molecular weight is 294 g/mol. The fraction of sp³-hybridized carbons (Fsp3) is 0.385. The minimum Gasteiger partial charge on any atom is -0.478 e. The number of carbonyl (C=O) groups is 3. The van der Waals surface area contributed by atoms with Crippen LogP contribution in [0, 0.1) is 0 Å². The molecule has 0 saturated carbocycles. The number of aryl methyl sites for hydroxylation is 1. The van der Waals surface area contributed by atoms with Gasteiger partial charge in [0.15, 0.2) is 0 Å². The number of urea groups is 1. The number of carboxylic acids is 1. The minimum atomic E-state index is -1.20. The average Bonchev–Trinajstić information content (AvgIpc) is 2.82. The van der Waals surface area contributed by atoms with E-state index in [-0.39, 0.29) is 11.1 Å². The van der Waals surface area contributed by atoms with Gasteiger partial charge in [0.2, 0.25) is 0 Å². The van der Waals surface area contributed by atoms with E-state index in [1.807, 2.05) is 6.07 Å². The molecule has 0 radical (unpaired) electrons. The van der Waals surface area contributed by atoms with E-state index in [1.165, 1.54) is 13.8 Å². The number of amides is 3. The molecule has 1 heterocycles. The van der Waals surface area contributed by atoms with E-state index in [2.05, 4.69) is 15.7 Å². The Bertz CT molecular complexity index is 589. The van der Waals surface area contributed by atoms with Crippen LogP contribution in [-0.2, 0) is 23.1 Å². The maximum absolute atomic E-state index is 11.6. The molecule has 0 saturated heterocycles. The highest BCUT2D eigenvalue weighted by Gasteiger charge is 2.14. The predicted molar refractivity (Wildman–Crippen MR) is 74.5 cm³/mol. The van der Waals surface area contributed by atoms with Crippen molar-refractivity contribution in [2.75, 3.05) is 6.54 Å². The summed E-state index contributed by atoms with van der Waals surface area (Å²) in [6.45, 7) is 2.97. The molecule has 3 N–H and O–H groups in total. The summed E-state index contributed by atoms with van der Waals surface area (Å²) in [5.41, 5.74) is 0.707. The largest absolute Gasteiger partial charge is 0.478 e. The van der Waals surface area contributed by atoms with E-state index in [9.17, 15) is 14.4 Å². The van der Waals surface area contributed by atoms with Crippen molar-refractivity contribution >= 4 is 17.9 Å². The number of carbonyl (C=O) groups excluding carboxylic acids is 2. The lowest BCUT2D eigenvalue weighted by molar-refractivity contribution is -0.133. The number of hydrogen-bond donors (Lipinski definition) is 3. The molecule has 0 aliphatic rings. The van der Waals surface area contributed by atoms with Crippen LogP contribution in [-0.4, -0.2) is 39.3 Å². The second-order valence-electron chi connectivity index (χ2n) is 4.50. The number of carboxylic acid groups (broad SMARTS) is 1. The van der Waals surface area contributed by atoms with Gasteiger partial charge in [0, 0.05) is 37.4 Å². The summed E-state index contributed by atoms with van der Waals surface area (Å²) in [7, 11) is 1.79. The molecule has 0 unspecified atom stereocenters. The highest BCUT2D eigenvalue weighted by molar-refractivity contribution is 6.07. The Labute approximate surface area is 121 Å². The summed E-state index contributed by atoms with van der Waals surface area (Å²) in [5.74, 6) is -1.93.